The van der Waals surface area contributed by atoms with Crippen molar-refractivity contribution in [3.63, 3.8) is 0 Å². The molecule has 10 aliphatic heterocycles. The Balaban J connectivity index is 0.990. The van der Waals surface area contributed by atoms with Gasteiger partial charge in [-0.3, -0.25) is 9.59 Å². The maximum atomic E-state index is 13.5. The summed E-state index contributed by atoms with van der Waals surface area (Å²) in [4.78, 5) is 26.6. The lowest BCUT2D eigenvalue weighted by Crippen LogP contribution is -2.71. The first-order chi connectivity index (χ1) is 54.3. The van der Waals surface area contributed by atoms with Gasteiger partial charge in [0.15, 0.2) is 62.9 Å². The lowest BCUT2D eigenvalue weighted by molar-refractivity contribution is -0.407. The number of hydrogen-bond acceptors (Lipinski definition) is 49. The van der Waals surface area contributed by atoms with Crippen LogP contribution in [-0.4, -0.2) is 515 Å². The summed E-state index contributed by atoms with van der Waals surface area (Å²) in [5, 5.41) is 313. The van der Waals surface area contributed by atoms with E-state index in [0.717, 1.165) is 13.8 Å². The van der Waals surface area contributed by atoms with E-state index >= 15 is 0 Å². The van der Waals surface area contributed by atoms with Crippen LogP contribution in [0.3, 0.4) is 0 Å². The van der Waals surface area contributed by atoms with Crippen LogP contribution in [0.15, 0.2) is 0 Å². The van der Waals surface area contributed by atoms with Crippen molar-refractivity contribution in [2.75, 3.05) is 52.9 Å². The molecule has 10 heterocycles. The standard InChI is InChI=1S/C64H108N2O49/c1-13-27(75)33(81)41(89)59(99-13)114-53-26(66-16(4)74)55(96)101-23(11-97-57-45(93)38(86)48(14(2)100-57)109-60-42(90)35(83)29(77)18(6-68)103-60)51(53)112-56-25(65-15(3)73)32(80)49(21(9-71)106-56)110-64-47(95)54(115-63-46(94)39(87)50(22(10-72)107-63)111-61-43(91)36(84)30(78)19(7-69)104-61)52(113-62-44(92)37(85)31(79)20(8-70)105-62)24(108-64)12-98-58-40(88)34(82)28(76)17(5-67)102-58/h13-14,17-64,67-72,75-96H,5-12H2,1-4H3,(H,65,73)(H,66,74)/t13-,14-,17+,18+,19+,20+,21+,22+,23+,24+,25+,26+,27+,28+,29-,30-,31-,32+,33+,34-,35-,36-,37-,38-,39+,40-,41-,42+,43+,44+,45-,46-,47-,48+,49+,50+,51+,52+,53+,54+,55+,56-,57+,58-,59-,60-,61+,62-,63+,64-/m0/s1. The van der Waals surface area contributed by atoms with Crippen LogP contribution in [0.5, 0.6) is 0 Å². The van der Waals surface area contributed by atoms with Crippen LogP contribution >= 0.6 is 0 Å². The van der Waals surface area contributed by atoms with Crippen LogP contribution in [-0.2, 0) is 99.6 Å². The maximum Gasteiger partial charge on any atom is 0.217 e. The predicted molar refractivity (Wildman–Crippen MR) is 350 cm³/mol. The van der Waals surface area contributed by atoms with Crippen molar-refractivity contribution in [3.05, 3.63) is 0 Å². The van der Waals surface area contributed by atoms with Crippen molar-refractivity contribution in [1.29, 1.82) is 0 Å². The largest absolute Gasteiger partial charge is 0.394 e. The molecule has 51 nitrogen and oxygen atoms in total. The minimum atomic E-state index is -2.63. The summed E-state index contributed by atoms with van der Waals surface area (Å²) in [7, 11) is 0. The molecule has 2 amide bonds. The van der Waals surface area contributed by atoms with Crippen LogP contribution < -0.4 is 10.6 Å². The maximum absolute atomic E-state index is 13.5. The zero-order valence-corrected chi connectivity index (χ0v) is 61.6. The Morgan fingerprint density at radius 3 is 0.974 bits per heavy atom. The molecular weight excluding hydrogens is 1580 g/mol. The number of nitrogens with one attached hydrogen (secondary N) is 2. The first-order valence-corrected chi connectivity index (χ1v) is 36.9. The van der Waals surface area contributed by atoms with Crippen molar-refractivity contribution in [2.24, 2.45) is 0 Å². The number of ether oxygens (including phenoxy) is 19. The molecule has 115 heavy (non-hydrogen) atoms. The third-order valence-corrected chi connectivity index (χ3v) is 21.6. The third kappa shape index (κ3) is 20.3. The summed E-state index contributed by atoms with van der Waals surface area (Å²) in [6, 6.07) is -4.02. The first-order valence-electron chi connectivity index (χ1n) is 36.9. The van der Waals surface area contributed by atoms with Gasteiger partial charge in [0.2, 0.25) is 11.8 Å². The van der Waals surface area contributed by atoms with Crippen molar-refractivity contribution in [1.82, 2.24) is 10.6 Å². The van der Waals surface area contributed by atoms with Gasteiger partial charge < -0.3 is 244 Å². The number of aliphatic hydroxyl groups is 28. The molecule has 30 N–H and O–H groups in total. The molecule has 0 bridgehead atoms. The highest BCUT2D eigenvalue weighted by atomic mass is 16.8. The summed E-state index contributed by atoms with van der Waals surface area (Å²) in [6.45, 7) is -4.29. The van der Waals surface area contributed by atoms with Crippen molar-refractivity contribution in [3.8, 4) is 0 Å². The number of aliphatic hydroxyl groups excluding tert-OH is 28. The van der Waals surface area contributed by atoms with E-state index in [1.54, 1.807) is 0 Å². The zero-order chi connectivity index (χ0) is 84.5. The molecule has 10 rings (SSSR count). The van der Waals surface area contributed by atoms with Gasteiger partial charge in [0, 0.05) is 13.8 Å². The number of hydrogen-bond donors (Lipinski definition) is 30. The molecule has 0 aromatic rings. The Morgan fingerprint density at radius 1 is 0.243 bits per heavy atom. The molecule has 10 aliphatic rings. The van der Waals surface area contributed by atoms with Gasteiger partial charge >= 0.3 is 0 Å². The quantitative estimate of drug-likeness (QED) is 0.0346. The van der Waals surface area contributed by atoms with Gasteiger partial charge in [-0.15, -0.1) is 0 Å². The van der Waals surface area contributed by atoms with E-state index in [4.69, 9.17) is 90.0 Å². The van der Waals surface area contributed by atoms with E-state index in [0.29, 0.717) is 0 Å². The minimum Gasteiger partial charge on any atom is -0.394 e. The molecule has 0 unspecified atom stereocenters. The van der Waals surface area contributed by atoms with Gasteiger partial charge in [0.1, 0.15) is 232 Å². The van der Waals surface area contributed by atoms with Gasteiger partial charge in [-0.05, 0) is 13.8 Å². The topological polar surface area (TPSA) is 800 Å². The lowest BCUT2D eigenvalue weighted by Gasteiger charge is -2.52. The summed E-state index contributed by atoms with van der Waals surface area (Å²) in [6.07, 6.45) is -99.0. The second-order valence-electron chi connectivity index (χ2n) is 29.5. The van der Waals surface area contributed by atoms with Gasteiger partial charge in [-0.25, -0.2) is 0 Å². The van der Waals surface area contributed by atoms with Gasteiger partial charge in [-0.1, -0.05) is 0 Å². The molecule has 10 saturated heterocycles. The van der Waals surface area contributed by atoms with E-state index < -0.39 is 372 Å². The van der Waals surface area contributed by atoms with Crippen LogP contribution in [0, 0.1) is 0 Å². The highest BCUT2D eigenvalue weighted by Crippen LogP contribution is 2.41. The Morgan fingerprint density at radius 2 is 0.522 bits per heavy atom. The van der Waals surface area contributed by atoms with E-state index in [9.17, 15) is 153 Å². The SMILES string of the molecule is CC(=O)N[C@@H]1[C@@H](O[C@@H]2O[C@@H](C)[C@@H](O)[C@@H](O)[C@@H]2O)[C@H](O[C@@H]2O[C@H](CO)[C@@H](O[C@@H]3O[C@H](CO[C@H]4O[C@H](CO)[C@@H](O)[C@H](O)[C@@H]4O)[C@@H](O[C@@H]4O[C@H](CO)[C@H](O)[C@H](O)[C@H]4O)[C@H](O[C@H]4O[C@H](CO)[C@@H](O[C@H]5O[C@H](CO)[C@H](O)[C@H](O)[C@H]5O)[C@H](O)[C@@H]4O)[C@@H]3O)[C@H](O)[C@H]2NC(C)=O)[C@@H](CO[C@@H]2O[C@@H](C)[C@@H](O[C@@H]3O[C@H](CO)[C@H](O)[C@H](O)[C@H]3O)[C@@H](O)[C@@H]2O)O[C@H]1O. The van der Waals surface area contributed by atoms with Crippen LogP contribution in [0.1, 0.15) is 27.7 Å². The van der Waals surface area contributed by atoms with E-state index in [-0.39, 0.29) is 0 Å². The first kappa shape index (κ1) is 94.3. The van der Waals surface area contributed by atoms with Crippen molar-refractivity contribution < 1.29 is 243 Å². The number of carbonyl (C=O) groups excluding carboxylic acids is 2. The van der Waals surface area contributed by atoms with Crippen molar-refractivity contribution in [2.45, 2.75) is 335 Å². The average Bonchev–Trinajstić information content (AvgIpc) is 0.850. The molecule has 0 radical (unpaired) electrons. The predicted octanol–water partition coefficient (Wildman–Crippen LogP) is -20.5. The zero-order valence-electron chi connectivity index (χ0n) is 61.6. The molecule has 0 saturated carbocycles. The summed E-state index contributed by atoms with van der Waals surface area (Å²) >= 11 is 0. The Labute approximate surface area is 650 Å². The summed E-state index contributed by atoms with van der Waals surface area (Å²) < 4.78 is 113. The Hall–Kier alpha value is -2.94. The highest BCUT2D eigenvalue weighted by molar-refractivity contribution is 5.73. The fourth-order valence-corrected chi connectivity index (χ4v) is 15.0. The molecule has 50 atom stereocenters. The Bertz CT molecular complexity index is 3000. The number of rotatable bonds is 28. The van der Waals surface area contributed by atoms with Crippen LogP contribution in [0.25, 0.3) is 0 Å². The highest BCUT2D eigenvalue weighted by Gasteiger charge is 2.62. The molecule has 0 aliphatic carbocycles. The molecule has 0 aromatic carbocycles. The molecule has 51 heteroatoms. The molecule has 0 aromatic heterocycles. The monoisotopic (exact) mass is 1690 g/mol. The van der Waals surface area contributed by atoms with Gasteiger partial charge in [0.05, 0.1) is 65.1 Å². The van der Waals surface area contributed by atoms with Crippen LogP contribution in [0.4, 0.5) is 0 Å². The van der Waals surface area contributed by atoms with Crippen LogP contribution in [0.2, 0.25) is 0 Å². The fourth-order valence-electron chi connectivity index (χ4n) is 15.0. The average molecular weight is 1690 g/mol. The van der Waals surface area contributed by atoms with E-state index in [1.807, 2.05) is 0 Å². The fraction of sp³-hybridized carbons (Fsp3) is 0.969. The van der Waals surface area contributed by atoms with Gasteiger partial charge in [-0.2, -0.15) is 0 Å². The molecule has 668 valence electrons. The minimum absolute atomic E-state index is 0.878. The number of amides is 2. The third-order valence-electron chi connectivity index (χ3n) is 21.6. The smallest absolute Gasteiger partial charge is 0.217 e. The molecule has 0 spiro atoms. The van der Waals surface area contributed by atoms with Gasteiger partial charge in [0.25, 0.3) is 0 Å². The second-order valence-corrected chi connectivity index (χ2v) is 29.5. The van der Waals surface area contributed by atoms with E-state index in [2.05, 4.69) is 10.6 Å². The molecule has 10 fully saturated rings. The second kappa shape index (κ2) is 40.6. The lowest BCUT2D eigenvalue weighted by atomic mass is 9.93. The summed E-state index contributed by atoms with van der Waals surface area (Å²) in [5.74, 6) is -1.97. The van der Waals surface area contributed by atoms with E-state index in [1.165, 1.54) is 13.8 Å². The Kier molecular flexibility index (Phi) is 33.3. The normalized spacial score (nSPS) is 52.1. The summed E-state index contributed by atoms with van der Waals surface area (Å²) in [5.41, 5.74) is 0. The number of carbonyl (C=O) groups is 2. The van der Waals surface area contributed by atoms with Crippen molar-refractivity contribution >= 4 is 11.8 Å². The molecular formula is C64H108N2O49.